The number of hydrogen-bond donors (Lipinski definition) is 2. The Balaban J connectivity index is 1.92. The first-order valence-corrected chi connectivity index (χ1v) is 6.67. The van der Waals surface area contributed by atoms with E-state index in [1.807, 2.05) is 25.1 Å². The summed E-state index contributed by atoms with van der Waals surface area (Å²) in [7, 11) is 0. The fraction of sp³-hybridized carbons (Fsp3) is 0.286. The van der Waals surface area contributed by atoms with Gasteiger partial charge >= 0.3 is 0 Å². The molecule has 5 heteroatoms. The second-order valence-electron chi connectivity index (χ2n) is 4.89. The molecule has 1 aromatic heterocycles. The van der Waals surface area contributed by atoms with Crippen molar-refractivity contribution in [1.29, 1.82) is 0 Å². The summed E-state index contributed by atoms with van der Waals surface area (Å²) in [5, 5.41) is 3.95. The Morgan fingerprint density at radius 1 is 1.26 bits per heavy atom. The first-order chi connectivity index (χ1) is 9.11. The Hall–Kier alpha value is -1.81. The maximum absolute atomic E-state index is 6.01. The van der Waals surface area contributed by atoms with Crippen LogP contribution in [0.2, 0.25) is 5.02 Å². The Morgan fingerprint density at radius 2 is 2.05 bits per heavy atom. The topological polar surface area (TPSA) is 63.8 Å². The van der Waals surface area contributed by atoms with E-state index in [9.17, 15) is 0 Å². The van der Waals surface area contributed by atoms with Crippen molar-refractivity contribution in [3.8, 4) is 0 Å². The SMILES string of the molecule is Cc1ccc(Cl)cc1Nc1cc(N)nc(C2CC2)n1. The third-order valence-corrected chi connectivity index (χ3v) is 3.40. The largest absolute Gasteiger partial charge is 0.384 e. The van der Waals surface area contributed by atoms with Crippen molar-refractivity contribution in [2.45, 2.75) is 25.7 Å². The van der Waals surface area contributed by atoms with Gasteiger partial charge < -0.3 is 11.1 Å². The molecule has 0 bridgehead atoms. The minimum absolute atomic E-state index is 0.476. The van der Waals surface area contributed by atoms with E-state index in [2.05, 4.69) is 15.3 Å². The molecule has 0 radical (unpaired) electrons. The van der Waals surface area contributed by atoms with Gasteiger partial charge in [0.1, 0.15) is 17.5 Å². The normalized spacial score (nSPS) is 14.4. The van der Waals surface area contributed by atoms with Crippen LogP contribution in [-0.2, 0) is 0 Å². The van der Waals surface area contributed by atoms with Crippen LogP contribution < -0.4 is 11.1 Å². The van der Waals surface area contributed by atoms with Crippen LogP contribution in [0.3, 0.4) is 0 Å². The van der Waals surface area contributed by atoms with E-state index in [-0.39, 0.29) is 0 Å². The molecule has 1 aliphatic rings. The van der Waals surface area contributed by atoms with Crippen LogP contribution >= 0.6 is 11.6 Å². The molecular weight excluding hydrogens is 260 g/mol. The highest BCUT2D eigenvalue weighted by Gasteiger charge is 2.27. The van der Waals surface area contributed by atoms with Crippen molar-refractivity contribution in [3.63, 3.8) is 0 Å². The van der Waals surface area contributed by atoms with E-state index in [4.69, 9.17) is 17.3 Å². The van der Waals surface area contributed by atoms with Gasteiger partial charge in [0.15, 0.2) is 0 Å². The molecule has 1 aromatic carbocycles. The summed E-state index contributed by atoms with van der Waals surface area (Å²) in [6, 6.07) is 7.46. The van der Waals surface area contributed by atoms with Gasteiger partial charge in [0, 0.05) is 22.7 Å². The molecule has 1 saturated carbocycles. The van der Waals surface area contributed by atoms with Crippen LogP contribution in [0.5, 0.6) is 0 Å². The van der Waals surface area contributed by atoms with Crippen molar-refractivity contribution in [3.05, 3.63) is 40.7 Å². The van der Waals surface area contributed by atoms with Crippen LogP contribution in [0.4, 0.5) is 17.3 Å². The predicted octanol–water partition coefficient (Wildman–Crippen LogP) is 3.64. The van der Waals surface area contributed by atoms with Gasteiger partial charge in [0.2, 0.25) is 0 Å². The zero-order chi connectivity index (χ0) is 13.4. The standard InChI is InChI=1S/C14H15ClN4/c1-8-2-5-10(15)6-11(8)17-13-7-12(16)18-14(19-13)9-3-4-9/h2,5-7,9H,3-4H2,1H3,(H3,16,17,18,19). The fourth-order valence-corrected chi connectivity index (χ4v) is 2.11. The molecule has 0 spiro atoms. The number of anilines is 3. The van der Waals surface area contributed by atoms with Gasteiger partial charge in [-0.25, -0.2) is 9.97 Å². The molecule has 1 aliphatic carbocycles. The van der Waals surface area contributed by atoms with E-state index in [0.717, 1.165) is 35.7 Å². The van der Waals surface area contributed by atoms with Gasteiger partial charge in [-0.05, 0) is 37.5 Å². The second-order valence-corrected chi connectivity index (χ2v) is 5.33. The number of hydrogen-bond acceptors (Lipinski definition) is 4. The molecule has 98 valence electrons. The van der Waals surface area contributed by atoms with Gasteiger partial charge in [-0.1, -0.05) is 17.7 Å². The molecule has 0 saturated heterocycles. The van der Waals surface area contributed by atoms with Crippen molar-refractivity contribution in [2.75, 3.05) is 11.1 Å². The summed E-state index contributed by atoms with van der Waals surface area (Å²) in [6.45, 7) is 2.02. The molecule has 0 amide bonds. The minimum Gasteiger partial charge on any atom is -0.384 e. The van der Waals surface area contributed by atoms with Crippen LogP contribution in [0, 0.1) is 6.92 Å². The maximum atomic E-state index is 6.01. The van der Waals surface area contributed by atoms with Crippen molar-refractivity contribution in [2.24, 2.45) is 0 Å². The van der Waals surface area contributed by atoms with E-state index < -0.39 is 0 Å². The highest BCUT2D eigenvalue weighted by molar-refractivity contribution is 6.30. The van der Waals surface area contributed by atoms with Gasteiger partial charge in [0.25, 0.3) is 0 Å². The summed E-state index contributed by atoms with van der Waals surface area (Å²) in [6.07, 6.45) is 2.30. The molecule has 19 heavy (non-hydrogen) atoms. The molecule has 2 aromatic rings. The number of aryl methyl sites for hydroxylation is 1. The number of nitrogens with zero attached hydrogens (tertiary/aromatic N) is 2. The number of nitrogens with two attached hydrogens (primary N) is 1. The third kappa shape index (κ3) is 2.79. The molecule has 3 rings (SSSR count). The highest BCUT2D eigenvalue weighted by atomic mass is 35.5. The molecule has 3 N–H and O–H groups in total. The Kier molecular flexibility index (Phi) is 3.03. The van der Waals surface area contributed by atoms with E-state index in [0.29, 0.717) is 16.8 Å². The lowest BCUT2D eigenvalue weighted by Gasteiger charge is -2.10. The third-order valence-electron chi connectivity index (χ3n) is 3.17. The van der Waals surface area contributed by atoms with E-state index >= 15 is 0 Å². The first-order valence-electron chi connectivity index (χ1n) is 6.29. The number of nitrogens with one attached hydrogen (secondary N) is 1. The van der Waals surface area contributed by atoms with E-state index in [1.54, 1.807) is 6.07 Å². The molecular formula is C14H15ClN4. The lowest BCUT2D eigenvalue weighted by atomic mass is 10.2. The van der Waals surface area contributed by atoms with Crippen LogP contribution in [0.1, 0.15) is 30.1 Å². The average molecular weight is 275 g/mol. The molecule has 1 heterocycles. The van der Waals surface area contributed by atoms with Gasteiger partial charge in [-0.15, -0.1) is 0 Å². The average Bonchev–Trinajstić information content (AvgIpc) is 3.17. The molecule has 0 aliphatic heterocycles. The van der Waals surface area contributed by atoms with Crippen molar-refractivity contribution in [1.82, 2.24) is 9.97 Å². The van der Waals surface area contributed by atoms with Crippen molar-refractivity contribution < 1.29 is 0 Å². The lowest BCUT2D eigenvalue weighted by molar-refractivity contribution is 0.936. The van der Waals surface area contributed by atoms with Gasteiger partial charge in [0.05, 0.1) is 0 Å². The summed E-state index contributed by atoms with van der Waals surface area (Å²) < 4.78 is 0. The Bertz CT molecular complexity index is 623. The number of halogens is 1. The molecule has 0 unspecified atom stereocenters. The van der Waals surface area contributed by atoms with Crippen LogP contribution in [0.25, 0.3) is 0 Å². The number of nitrogen functional groups attached to an aromatic ring is 1. The minimum atomic E-state index is 0.476. The maximum Gasteiger partial charge on any atom is 0.136 e. The highest BCUT2D eigenvalue weighted by Crippen LogP contribution is 2.38. The molecule has 4 nitrogen and oxygen atoms in total. The molecule has 0 atom stereocenters. The number of rotatable bonds is 3. The quantitative estimate of drug-likeness (QED) is 0.897. The zero-order valence-electron chi connectivity index (χ0n) is 10.7. The molecule has 1 fully saturated rings. The first kappa shape index (κ1) is 12.2. The zero-order valence-corrected chi connectivity index (χ0v) is 11.4. The lowest BCUT2D eigenvalue weighted by Crippen LogP contribution is -2.03. The predicted molar refractivity (Wildman–Crippen MR) is 77.9 cm³/mol. The summed E-state index contributed by atoms with van der Waals surface area (Å²) in [5.74, 6) is 2.53. The Labute approximate surface area is 117 Å². The summed E-state index contributed by atoms with van der Waals surface area (Å²) in [4.78, 5) is 8.79. The summed E-state index contributed by atoms with van der Waals surface area (Å²) >= 11 is 6.01. The van der Waals surface area contributed by atoms with Crippen LogP contribution in [0.15, 0.2) is 24.3 Å². The van der Waals surface area contributed by atoms with Gasteiger partial charge in [-0.3, -0.25) is 0 Å². The fourth-order valence-electron chi connectivity index (χ4n) is 1.94. The summed E-state index contributed by atoms with van der Waals surface area (Å²) in [5.41, 5.74) is 7.87. The van der Waals surface area contributed by atoms with Crippen molar-refractivity contribution >= 4 is 28.9 Å². The second kappa shape index (κ2) is 4.70. The number of aromatic nitrogens is 2. The van der Waals surface area contributed by atoms with Crippen LogP contribution in [-0.4, -0.2) is 9.97 Å². The Morgan fingerprint density at radius 3 is 2.79 bits per heavy atom. The monoisotopic (exact) mass is 274 g/mol. The van der Waals surface area contributed by atoms with Gasteiger partial charge in [-0.2, -0.15) is 0 Å². The smallest absolute Gasteiger partial charge is 0.136 e. The van der Waals surface area contributed by atoms with E-state index in [1.165, 1.54) is 0 Å². The number of benzene rings is 1.